The lowest BCUT2D eigenvalue weighted by molar-refractivity contribution is 0.0654. The van der Waals surface area contributed by atoms with Crippen molar-refractivity contribution in [2.75, 3.05) is 19.6 Å². The zero-order valence-corrected chi connectivity index (χ0v) is 9.84. The molecule has 0 spiro atoms. The number of nitrogens with zero attached hydrogens (tertiary/aromatic N) is 1. The van der Waals surface area contributed by atoms with Crippen LogP contribution in [0.15, 0.2) is 12.1 Å². The van der Waals surface area contributed by atoms with Crippen molar-refractivity contribution in [2.45, 2.75) is 13.0 Å². The fourth-order valence-electron chi connectivity index (χ4n) is 1.99. The molecule has 1 unspecified atom stereocenters. The third kappa shape index (κ3) is 2.33. The number of carbonyl (C=O) groups is 1. The number of carbonyl (C=O) groups excluding carboxylic acids is 1. The molecule has 6 heteroatoms. The van der Waals surface area contributed by atoms with Crippen molar-refractivity contribution >= 4 is 5.91 Å². The van der Waals surface area contributed by atoms with Crippen LogP contribution in [0.5, 0.6) is 0 Å². The lowest BCUT2D eigenvalue weighted by atomic mass is 10.1. The highest BCUT2D eigenvalue weighted by Gasteiger charge is 2.25. The van der Waals surface area contributed by atoms with E-state index >= 15 is 0 Å². The molecule has 1 aromatic rings. The molecule has 0 aromatic heterocycles. The highest BCUT2D eigenvalue weighted by Crippen LogP contribution is 2.16. The lowest BCUT2D eigenvalue weighted by Gasteiger charge is -2.34. The largest absolute Gasteiger partial charge is 0.333 e. The molecular formula is C12H13F3N2O. The summed E-state index contributed by atoms with van der Waals surface area (Å²) in [6.45, 7) is 3.54. The summed E-state index contributed by atoms with van der Waals surface area (Å²) in [6, 6.07) is 1.40. The number of rotatable bonds is 1. The Morgan fingerprint density at radius 3 is 2.50 bits per heavy atom. The molecule has 0 radical (unpaired) electrons. The van der Waals surface area contributed by atoms with Crippen molar-refractivity contribution in [3.05, 3.63) is 35.1 Å². The molecule has 1 fully saturated rings. The lowest BCUT2D eigenvalue weighted by Crippen LogP contribution is -2.52. The standard InChI is InChI=1S/C12H13F3N2O/c1-7-6-16-2-3-17(7)12(18)8-4-9(13)11(15)10(14)5-8/h4-5,7,16H,2-3,6H2,1H3. The van der Waals surface area contributed by atoms with Crippen LogP contribution in [0.2, 0.25) is 0 Å². The van der Waals surface area contributed by atoms with Crippen LogP contribution in [-0.2, 0) is 0 Å². The van der Waals surface area contributed by atoms with Gasteiger partial charge in [-0.05, 0) is 19.1 Å². The van der Waals surface area contributed by atoms with Crippen LogP contribution in [0.1, 0.15) is 17.3 Å². The number of benzene rings is 1. The molecule has 2 rings (SSSR count). The fourth-order valence-corrected chi connectivity index (χ4v) is 1.99. The molecule has 1 heterocycles. The molecule has 1 aliphatic heterocycles. The van der Waals surface area contributed by atoms with Gasteiger partial charge in [0, 0.05) is 31.2 Å². The number of halogens is 3. The summed E-state index contributed by atoms with van der Waals surface area (Å²) >= 11 is 0. The minimum Gasteiger partial charge on any atom is -0.333 e. The second-order valence-electron chi connectivity index (χ2n) is 4.31. The average molecular weight is 258 g/mol. The van der Waals surface area contributed by atoms with Crippen molar-refractivity contribution in [3.63, 3.8) is 0 Å². The first kappa shape index (κ1) is 12.9. The van der Waals surface area contributed by atoms with Gasteiger partial charge in [0.1, 0.15) is 0 Å². The summed E-state index contributed by atoms with van der Waals surface area (Å²) < 4.78 is 38.9. The van der Waals surface area contributed by atoms with E-state index in [9.17, 15) is 18.0 Å². The van der Waals surface area contributed by atoms with Crippen molar-refractivity contribution in [1.82, 2.24) is 10.2 Å². The minimum atomic E-state index is -1.56. The molecule has 0 bridgehead atoms. The molecule has 1 aliphatic rings. The average Bonchev–Trinajstić information content (AvgIpc) is 2.35. The molecule has 0 aliphatic carbocycles. The second-order valence-corrected chi connectivity index (χ2v) is 4.31. The Bertz CT molecular complexity index is 455. The van der Waals surface area contributed by atoms with Crippen LogP contribution in [0, 0.1) is 17.5 Å². The fraction of sp³-hybridized carbons (Fsp3) is 0.417. The van der Waals surface area contributed by atoms with E-state index in [1.165, 1.54) is 4.90 Å². The molecule has 18 heavy (non-hydrogen) atoms. The third-order valence-corrected chi connectivity index (χ3v) is 2.99. The van der Waals surface area contributed by atoms with Crippen molar-refractivity contribution in [1.29, 1.82) is 0 Å². The Morgan fingerprint density at radius 1 is 1.33 bits per heavy atom. The molecule has 1 atom stereocenters. The molecule has 98 valence electrons. The summed E-state index contributed by atoms with van der Waals surface area (Å²) in [7, 11) is 0. The number of hydrogen-bond acceptors (Lipinski definition) is 2. The quantitative estimate of drug-likeness (QED) is 0.775. The zero-order valence-electron chi connectivity index (χ0n) is 9.84. The van der Waals surface area contributed by atoms with Crippen LogP contribution in [-0.4, -0.2) is 36.5 Å². The van der Waals surface area contributed by atoms with Crippen molar-refractivity contribution < 1.29 is 18.0 Å². The van der Waals surface area contributed by atoms with E-state index in [1.54, 1.807) is 0 Å². The molecule has 1 aromatic carbocycles. The first-order chi connectivity index (χ1) is 8.50. The van der Waals surface area contributed by atoms with Crippen LogP contribution in [0.4, 0.5) is 13.2 Å². The highest BCUT2D eigenvalue weighted by atomic mass is 19.2. The first-order valence-electron chi connectivity index (χ1n) is 5.67. The van der Waals surface area contributed by atoms with Gasteiger partial charge in [0.25, 0.3) is 5.91 Å². The second kappa shape index (κ2) is 4.97. The van der Waals surface area contributed by atoms with Crippen molar-refractivity contribution in [2.24, 2.45) is 0 Å². The topological polar surface area (TPSA) is 32.3 Å². The van der Waals surface area contributed by atoms with E-state index in [2.05, 4.69) is 5.32 Å². The SMILES string of the molecule is CC1CNCCN1C(=O)c1cc(F)c(F)c(F)c1. The molecular weight excluding hydrogens is 245 g/mol. The zero-order chi connectivity index (χ0) is 13.3. The normalized spacial score (nSPS) is 20.0. The molecule has 1 N–H and O–H groups in total. The predicted octanol–water partition coefficient (Wildman–Crippen LogP) is 1.54. The van der Waals surface area contributed by atoms with Gasteiger partial charge in [0.15, 0.2) is 17.5 Å². The molecule has 0 saturated carbocycles. The third-order valence-electron chi connectivity index (χ3n) is 2.99. The Labute approximate surface area is 103 Å². The van der Waals surface area contributed by atoms with Crippen LogP contribution >= 0.6 is 0 Å². The number of hydrogen-bond donors (Lipinski definition) is 1. The van der Waals surface area contributed by atoms with Crippen LogP contribution in [0.3, 0.4) is 0 Å². The summed E-state index contributed by atoms with van der Waals surface area (Å²) in [5.41, 5.74) is -0.167. The van der Waals surface area contributed by atoms with Crippen LogP contribution in [0.25, 0.3) is 0 Å². The Morgan fingerprint density at radius 2 is 1.94 bits per heavy atom. The van der Waals surface area contributed by atoms with E-state index in [0.29, 0.717) is 19.6 Å². The van der Waals surface area contributed by atoms with E-state index in [0.717, 1.165) is 12.1 Å². The number of amides is 1. The first-order valence-corrected chi connectivity index (χ1v) is 5.67. The van der Waals surface area contributed by atoms with Crippen molar-refractivity contribution in [3.8, 4) is 0 Å². The number of nitrogens with one attached hydrogen (secondary N) is 1. The van der Waals surface area contributed by atoms with Gasteiger partial charge < -0.3 is 10.2 Å². The minimum absolute atomic E-state index is 0.0672. The Hall–Kier alpha value is -1.56. The van der Waals surface area contributed by atoms with Gasteiger partial charge >= 0.3 is 0 Å². The summed E-state index contributed by atoms with van der Waals surface area (Å²) in [5, 5.41) is 3.10. The maximum absolute atomic E-state index is 13.1. The maximum Gasteiger partial charge on any atom is 0.254 e. The van der Waals surface area contributed by atoms with E-state index < -0.39 is 23.4 Å². The van der Waals surface area contributed by atoms with E-state index in [-0.39, 0.29) is 11.6 Å². The monoisotopic (exact) mass is 258 g/mol. The predicted molar refractivity (Wildman–Crippen MR) is 59.7 cm³/mol. The highest BCUT2D eigenvalue weighted by molar-refractivity contribution is 5.94. The van der Waals surface area contributed by atoms with Crippen LogP contribution < -0.4 is 5.32 Å². The molecule has 3 nitrogen and oxygen atoms in total. The molecule has 1 saturated heterocycles. The summed E-state index contributed by atoms with van der Waals surface area (Å²) in [5.74, 6) is -4.73. The van der Waals surface area contributed by atoms with E-state index in [4.69, 9.17) is 0 Å². The summed E-state index contributed by atoms with van der Waals surface area (Å²) in [4.78, 5) is 13.6. The van der Waals surface area contributed by atoms with Gasteiger partial charge in [0.05, 0.1) is 0 Å². The number of piperazine rings is 1. The van der Waals surface area contributed by atoms with Gasteiger partial charge in [-0.15, -0.1) is 0 Å². The van der Waals surface area contributed by atoms with Gasteiger partial charge in [-0.3, -0.25) is 4.79 Å². The van der Waals surface area contributed by atoms with E-state index in [1.807, 2.05) is 6.92 Å². The van der Waals surface area contributed by atoms with Gasteiger partial charge in [-0.25, -0.2) is 13.2 Å². The summed E-state index contributed by atoms with van der Waals surface area (Å²) in [6.07, 6.45) is 0. The van der Waals surface area contributed by atoms with Gasteiger partial charge in [0.2, 0.25) is 0 Å². The van der Waals surface area contributed by atoms with Gasteiger partial charge in [-0.1, -0.05) is 0 Å². The van der Waals surface area contributed by atoms with Gasteiger partial charge in [-0.2, -0.15) is 0 Å². The smallest absolute Gasteiger partial charge is 0.254 e. The maximum atomic E-state index is 13.1. The Balaban J connectivity index is 2.28. The Kier molecular flexibility index (Phi) is 3.56. The molecule has 1 amide bonds.